The van der Waals surface area contributed by atoms with Gasteiger partial charge in [0.15, 0.2) is 10.7 Å². The number of sulfonamides is 1. The lowest BCUT2D eigenvalue weighted by Gasteiger charge is -2.27. The van der Waals surface area contributed by atoms with Crippen molar-refractivity contribution in [3.8, 4) is 0 Å². The first kappa shape index (κ1) is 16.2. The fraction of sp³-hybridized carbons (Fsp3) is 0.727. The number of hydrogen-bond donors (Lipinski definition) is 1. The van der Waals surface area contributed by atoms with Crippen molar-refractivity contribution in [2.24, 2.45) is 5.41 Å². The molecule has 1 aromatic heterocycles. The molecular formula is C11H22N4O2S2. The van der Waals surface area contributed by atoms with E-state index >= 15 is 0 Å². The van der Waals surface area contributed by atoms with E-state index in [0.29, 0.717) is 11.5 Å². The maximum atomic E-state index is 12.3. The van der Waals surface area contributed by atoms with Crippen molar-refractivity contribution in [1.82, 2.24) is 8.68 Å². The van der Waals surface area contributed by atoms with E-state index in [-0.39, 0.29) is 16.1 Å². The van der Waals surface area contributed by atoms with E-state index in [1.165, 1.54) is 14.1 Å². The Morgan fingerprint density at radius 2 is 1.79 bits per heavy atom. The molecule has 0 aliphatic carbocycles. The van der Waals surface area contributed by atoms with Crippen molar-refractivity contribution in [2.45, 2.75) is 25.7 Å². The minimum atomic E-state index is -3.58. The molecule has 0 aromatic carbocycles. The smallest absolute Gasteiger partial charge is 0.249 e. The highest BCUT2D eigenvalue weighted by atomic mass is 32.2. The predicted octanol–water partition coefficient (Wildman–Crippen LogP) is 1.46. The van der Waals surface area contributed by atoms with E-state index in [1.54, 1.807) is 0 Å². The van der Waals surface area contributed by atoms with Gasteiger partial charge in [0.1, 0.15) is 5.00 Å². The SMILES string of the molecule is CN(CC(C)(C)C)c1snc(N)c1S(=O)(=O)N(C)C. The number of nitrogen functional groups attached to an aromatic ring is 1. The van der Waals surface area contributed by atoms with Gasteiger partial charge in [0.05, 0.1) is 0 Å². The third-order valence-corrected chi connectivity index (χ3v) is 5.44. The Labute approximate surface area is 119 Å². The lowest BCUT2D eigenvalue weighted by Crippen LogP contribution is -2.31. The van der Waals surface area contributed by atoms with E-state index in [4.69, 9.17) is 5.73 Å². The third-order valence-electron chi connectivity index (χ3n) is 2.45. The van der Waals surface area contributed by atoms with Crippen LogP contribution in [0.1, 0.15) is 20.8 Å². The Morgan fingerprint density at radius 3 is 2.21 bits per heavy atom. The van der Waals surface area contributed by atoms with E-state index < -0.39 is 10.0 Å². The van der Waals surface area contributed by atoms with Crippen LogP contribution in [0, 0.1) is 5.41 Å². The quantitative estimate of drug-likeness (QED) is 0.911. The summed E-state index contributed by atoms with van der Waals surface area (Å²) < 4.78 is 29.7. The Kier molecular flexibility index (Phi) is 4.48. The van der Waals surface area contributed by atoms with Crippen LogP contribution in [0.5, 0.6) is 0 Å². The average molecular weight is 306 g/mol. The van der Waals surface area contributed by atoms with Crippen LogP contribution in [-0.4, -0.2) is 44.8 Å². The highest BCUT2D eigenvalue weighted by Crippen LogP contribution is 2.36. The molecule has 6 nitrogen and oxygen atoms in total. The summed E-state index contributed by atoms with van der Waals surface area (Å²) in [6.45, 7) is 6.99. The largest absolute Gasteiger partial charge is 0.382 e. The van der Waals surface area contributed by atoms with Gasteiger partial charge in [-0.2, -0.15) is 4.37 Å². The predicted molar refractivity (Wildman–Crippen MR) is 80.1 cm³/mol. The minimum Gasteiger partial charge on any atom is -0.382 e. The molecule has 2 N–H and O–H groups in total. The summed E-state index contributed by atoms with van der Waals surface area (Å²) in [5.41, 5.74) is 5.78. The molecule has 0 saturated carbocycles. The van der Waals surface area contributed by atoms with Gasteiger partial charge in [-0.15, -0.1) is 0 Å². The van der Waals surface area contributed by atoms with Gasteiger partial charge in [-0.05, 0) is 16.9 Å². The van der Waals surface area contributed by atoms with Gasteiger partial charge >= 0.3 is 0 Å². The zero-order chi connectivity index (χ0) is 15.0. The van der Waals surface area contributed by atoms with Crippen molar-refractivity contribution in [1.29, 1.82) is 0 Å². The van der Waals surface area contributed by atoms with E-state index in [0.717, 1.165) is 15.8 Å². The van der Waals surface area contributed by atoms with Crippen LogP contribution in [0.25, 0.3) is 0 Å². The van der Waals surface area contributed by atoms with Crippen molar-refractivity contribution >= 4 is 32.4 Å². The van der Waals surface area contributed by atoms with Crippen molar-refractivity contribution < 1.29 is 8.42 Å². The molecule has 0 spiro atoms. The molecule has 1 aromatic rings. The lowest BCUT2D eigenvalue weighted by molar-refractivity contribution is 0.419. The van der Waals surface area contributed by atoms with E-state index in [2.05, 4.69) is 25.1 Å². The summed E-state index contributed by atoms with van der Waals surface area (Å²) >= 11 is 1.11. The molecule has 0 bridgehead atoms. The van der Waals surface area contributed by atoms with Gasteiger partial charge in [-0.3, -0.25) is 0 Å². The number of hydrogen-bond acceptors (Lipinski definition) is 6. The van der Waals surface area contributed by atoms with Crippen LogP contribution in [0.4, 0.5) is 10.8 Å². The molecule has 8 heteroatoms. The number of anilines is 2. The van der Waals surface area contributed by atoms with Crippen molar-refractivity contribution in [3.05, 3.63) is 0 Å². The van der Waals surface area contributed by atoms with Gasteiger partial charge in [-0.25, -0.2) is 12.7 Å². The Bertz CT molecular complexity index is 544. The summed E-state index contributed by atoms with van der Waals surface area (Å²) in [5, 5.41) is 0.584. The maximum Gasteiger partial charge on any atom is 0.249 e. The maximum absolute atomic E-state index is 12.3. The molecule has 0 atom stereocenters. The molecule has 0 aliphatic rings. The summed E-state index contributed by atoms with van der Waals surface area (Å²) in [5.74, 6) is 0.0643. The molecule has 0 radical (unpaired) electrons. The van der Waals surface area contributed by atoms with Crippen molar-refractivity contribution in [2.75, 3.05) is 38.3 Å². The highest BCUT2D eigenvalue weighted by Gasteiger charge is 2.30. The van der Waals surface area contributed by atoms with Crippen LogP contribution in [0.3, 0.4) is 0 Å². The van der Waals surface area contributed by atoms with E-state index in [9.17, 15) is 8.42 Å². The Balaban J connectivity index is 3.26. The Hall–Kier alpha value is -0.860. The molecule has 0 unspecified atom stereocenters. The first-order chi connectivity index (χ1) is 8.47. The van der Waals surface area contributed by atoms with Gasteiger partial charge in [0.25, 0.3) is 0 Å². The van der Waals surface area contributed by atoms with Crippen molar-refractivity contribution in [3.63, 3.8) is 0 Å². The molecule has 110 valence electrons. The molecule has 0 fully saturated rings. The summed E-state index contributed by atoms with van der Waals surface area (Å²) in [6, 6.07) is 0. The second-order valence-corrected chi connectivity index (χ2v) is 8.75. The standard InChI is InChI=1S/C11H22N4O2S2/c1-11(2,3)7-15(6)10-8(9(12)13-18-10)19(16,17)14(4)5/h7H2,1-6H3,(H2,12,13). The van der Waals surface area contributed by atoms with Gasteiger partial charge in [-0.1, -0.05) is 20.8 Å². The van der Waals surface area contributed by atoms with Crippen LogP contribution in [0.15, 0.2) is 4.90 Å². The topological polar surface area (TPSA) is 79.5 Å². The summed E-state index contributed by atoms with van der Waals surface area (Å²) in [6.07, 6.45) is 0. The molecule has 0 amide bonds. The molecule has 0 saturated heterocycles. The first-order valence-corrected chi connectivity index (χ1v) is 8.07. The average Bonchev–Trinajstić information content (AvgIpc) is 2.57. The zero-order valence-corrected chi connectivity index (χ0v) is 13.9. The highest BCUT2D eigenvalue weighted by molar-refractivity contribution is 7.89. The fourth-order valence-corrected chi connectivity index (χ4v) is 3.94. The van der Waals surface area contributed by atoms with E-state index in [1.807, 2.05) is 11.9 Å². The zero-order valence-electron chi connectivity index (χ0n) is 12.3. The molecule has 0 aliphatic heterocycles. The molecular weight excluding hydrogens is 284 g/mol. The first-order valence-electron chi connectivity index (χ1n) is 5.85. The molecule has 1 heterocycles. The molecule has 19 heavy (non-hydrogen) atoms. The fourth-order valence-electron chi connectivity index (χ4n) is 1.74. The van der Waals surface area contributed by atoms with Crippen LogP contribution in [0.2, 0.25) is 0 Å². The number of nitrogens with two attached hydrogens (primary N) is 1. The van der Waals surface area contributed by atoms with Gasteiger partial charge in [0.2, 0.25) is 10.0 Å². The van der Waals surface area contributed by atoms with Crippen LogP contribution in [-0.2, 0) is 10.0 Å². The monoisotopic (exact) mass is 306 g/mol. The number of rotatable bonds is 4. The minimum absolute atomic E-state index is 0.0483. The van der Waals surface area contributed by atoms with Gasteiger partial charge < -0.3 is 10.6 Å². The number of aromatic nitrogens is 1. The second kappa shape index (κ2) is 5.26. The second-order valence-electron chi connectivity index (χ2n) is 5.91. The van der Waals surface area contributed by atoms with Crippen LogP contribution >= 0.6 is 11.5 Å². The summed E-state index contributed by atoms with van der Waals surface area (Å²) in [4.78, 5) is 2.00. The lowest BCUT2D eigenvalue weighted by atomic mass is 9.96. The normalized spacial score (nSPS) is 13.0. The van der Waals surface area contributed by atoms with Gasteiger partial charge in [0, 0.05) is 27.7 Å². The summed E-state index contributed by atoms with van der Waals surface area (Å²) in [7, 11) is 1.25. The third kappa shape index (κ3) is 3.58. The molecule has 1 rings (SSSR count). The number of nitrogens with zero attached hydrogens (tertiary/aromatic N) is 3. The van der Waals surface area contributed by atoms with Crippen LogP contribution < -0.4 is 10.6 Å². The Morgan fingerprint density at radius 1 is 1.26 bits per heavy atom.